The van der Waals surface area contributed by atoms with Crippen molar-refractivity contribution >= 4 is 17.7 Å². The van der Waals surface area contributed by atoms with Crippen molar-refractivity contribution in [1.82, 2.24) is 5.32 Å². The lowest BCUT2D eigenvalue weighted by Gasteiger charge is -2.18. The number of rotatable bonds is 10. The molecule has 0 bridgehead atoms. The van der Waals surface area contributed by atoms with Crippen LogP contribution in [0.3, 0.4) is 0 Å². The first-order chi connectivity index (χ1) is 13.9. The Morgan fingerprint density at radius 2 is 1.66 bits per heavy atom. The minimum atomic E-state index is -0.947. The smallest absolute Gasteiger partial charge is 0.307 e. The fourth-order valence-electron chi connectivity index (χ4n) is 2.90. The van der Waals surface area contributed by atoms with Crippen LogP contribution in [0.25, 0.3) is 0 Å². The van der Waals surface area contributed by atoms with E-state index in [1.54, 1.807) is 0 Å². The monoisotopic (exact) mass is 399 g/mol. The van der Waals surface area contributed by atoms with Crippen LogP contribution in [0.1, 0.15) is 54.9 Å². The second-order valence-electron chi connectivity index (χ2n) is 6.82. The van der Waals surface area contributed by atoms with Gasteiger partial charge in [-0.15, -0.1) is 0 Å². The standard InChI is InChI=1S/C23H26FNO4/c1-3-17(18-7-5-4-6-8-18)15-25-23(28)16(2)29-22(27)14-13-21(26)19-9-11-20(24)12-10-19/h4-12,16-17H,3,13-15H2,1-2H3,(H,25,28)/t16-,17-/m0/s1. The van der Waals surface area contributed by atoms with Gasteiger partial charge in [0.2, 0.25) is 0 Å². The number of esters is 1. The number of benzene rings is 2. The largest absolute Gasteiger partial charge is 0.453 e. The third kappa shape index (κ3) is 7.14. The molecule has 0 unspecified atom stereocenters. The van der Waals surface area contributed by atoms with Gasteiger partial charge in [0.05, 0.1) is 6.42 Å². The van der Waals surface area contributed by atoms with Gasteiger partial charge in [0.15, 0.2) is 11.9 Å². The highest BCUT2D eigenvalue weighted by atomic mass is 19.1. The van der Waals surface area contributed by atoms with Crippen molar-refractivity contribution in [3.05, 3.63) is 71.5 Å². The van der Waals surface area contributed by atoms with E-state index in [1.807, 2.05) is 37.3 Å². The summed E-state index contributed by atoms with van der Waals surface area (Å²) in [6.07, 6.45) is -0.291. The molecule has 0 spiro atoms. The Balaban J connectivity index is 1.75. The molecule has 0 saturated heterocycles. The molecule has 0 radical (unpaired) electrons. The maximum Gasteiger partial charge on any atom is 0.307 e. The topological polar surface area (TPSA) is 72.5 Å². The Bertz CT molecular complexity index is 821. The van der Waals surface area contributed by atoms with Crippen molar-refractivity contribution in [3.8, 4) is 0 Å². The first-order valence-corrected chi connectivity index (χ1v) is 9.71. The van der Waals surface area contributed by atoms with Crippen LogP contribution in [-0.2, 0) is 14.3 Å². The van der Waals surface area contributed by atoms with Crippen molar-refractivity contribution in [1.29, 1.82) is 0 Å². The number of hydrogen-bond acceptors (Lipinski definition) is 4. The lowest BCUT2D eigenvalue weighted by atomic mass is 9.96. The number of hydrogen-bond donors (Lipinski definition) is 1. The highest BCUT2D eigenvalue weighted by Crippen LogP contribution is 2.18. The lowest BCUT2D eigenvalue weighted by molar-refractivity contribution is -0.154. The predicted octanol–water partition coefficient (Wildman–Crippen LogP) is 4.03. The molecule has 2 aromatic rings. The van der Waals surface area contributed by atoms with Crippen LogP contribution in [0.5, 0.6) is 0 Å². The summed E-state index contributed by atoms with van der Waals surface area (Å²) < 4.78 is 18.0. The Morgan fingerprint density at radius 1 is 1.00 bits per heavy atom. The maximum atomic E-state index is 12.9. The zero-order valence-corrected chi connectivity index (χ0v) is 16.7. The molecule has 29 heavy (non-hydrogen) atoms. The summed E-state index contributed by atoms with van der Waals surface area (Å²) in [5.74, 6) is -1.54. The van der Waals surface area contributed by atoms with Gasteiger partial charge in [-0.3, -0.25) is 14.4 Å². The molecule has 2 atom stereocenters. The van der Waals surface area contributed by atoms with Crippen molar-refractivity contribution in [2.45, 2.75) is 45.1 Å². The summed E-state index contributed by atoms with van der Waals surface area (Å²) in [6.45, 7) is 3.99. The molecule has 0 aliphatic rings. The van der Waals surface area contributed by atoms with E-state index in [2.05, 4.69) is 5.32 Å². The summed E-state index contributed by atoms with van der Waals surface area (Å²) >= 11 is 0. The average Bonchev–Trinajstić information content (AvgIpc) is 2.73. The number of carbonyl (C=O) groups is 3. The van der Waals surface area contributed by atoms with Crippen molar-refractivity contribution in [3.63, 3.8) is 0 Å². The molecule has 154 valence electrons. The van der Waals surface area contributed by atoms with E-state index in [-0.39, 0.29) is 30.4 Å². The van der Waals surface area contributed by atoms with Crippen LogP contribution >= 0.6 is 0 Å². The van der Waals surface area contributed by atoms with Gasteiger partial charge in [0, 0.05) is 24.4 Å². The van der Waals surface area contributed by atoms with Gasteiger partial charge in [0.25, 0.3) is 5.91 Å². The maximum absolute atomic E-state index is 12.9. The molecule has 5 nitrogen and oxygen atoms in total. The van der Waals surface area contributed by atoms with Gasteiger partial charge in [-0.05, 0) is 43.2 Å². The molecule has 0 fully saturated rings. The third-order valence-electron chi connectivity index (χ3n) is 4.69. The average molecular weight is 399 g/mol. The first-order valence-electron chi connectivity index (χ1n) is 9.71. The molecule has 2 rings (SSSR count). The first kappa shape index (κ1) is 22.3. The molecule has 6 heteroatoms. The summed E-state index contributed by atoms with van der Waals surface area (Å²) in [7, 11) is 0. The zero-order chi connectivity index (χ0) is 21.2. The molecule has 1 N–H and O–H groups in total. The number of nitrogens with one attached hydrogen (secondary N) is 1. The lowest BCUT2D eigenvalue weighted by Crippen LogP contribution is -2.38. The minimum Gasteiger partial charge on any atom is -0.453 e. The molecule has 0 aromatic heterocycles. The van der Waals surface area contributed by atoms with Gasteiger partial charge in [-0.2, -0.15) is 0 Å². The Hall–Kier alpha value is -3.02. The van der Waals surface area contributed by atoms with E-state index in [9.17, 15) is 18.8 Å². The molecule has 0 saturated carbocycles. The van der Waals surface area contributed by atoms with E-state index in [0.29, 0.717) is 12.1 Å². The molecule has 1 amide bonds. The normalized spacial score (nSPS) is 12.7. The van der Waals surface area contributed by atoms with Crippen LogP contribution in [0, 0.1) is 5.82 Å². The SMILES string of the molecule is CC[C@@H](CNC(=O)[C@H](C)OC(=O)CCC(=O)c1ccc(F)cc1)c1ccccc1. The van der Waals surface area contributed by atoms with Crippen molar-refractivity contribution in [2.24, 2.45) is 0 Å². The fraction of sp³-hybridized carbons (Fsp3) is 0.348. The minimum absolute atomic E-state index is 0.0648. The highest BCUT2D eigenvalue weighted by molar-refractivity contribution is 5.97. The number of ketones is 1. The van der Waals surface area contributed by atoms with Gasteiger partial charge >= 0.3 is 5.97 Å². The van der Waals surface area contributed by atoms with Gasteiger partial charge in [-0.25, -0.2) is 4.39 Å². The highest BCUT2D eigenvalue weighted by Gasteiger charge is 2.20. The number of amides is 1. The second kappa shape index (κ2) is 11.1. The van der Waals surface area contributed by atoms with E-state index in [4.69, 9.17) is 4.74 Å². The van der Waals surface area contributed by atoms with Crippen LogP contribution in [-0.4, -0.2) is 30.3 Å². The van der Waals surface area contributed by atoms with E-state index in [0.717, 1.165) is 12.0 Å². The van der Waals surface area contributed by atoms with Crippen LogP contribution < -0.4 is 5.32 Å². The number of carbonyl (C=O) groups excluding carboxylic acids is 3. The molecule has 2 aromatic carbocycles. The molecular formula is C23H26FNO4. The summed E-state index contributed by atoms with van der Waals surface area (Å²) in [5, 5.41) is 2.81. The zero-order valence-electron chi connectivity index (χ0n) is 16.7. The molecular weight excluding hydrogens is 373 g/mol. The molecule has 0 aliphatic heterocycles. The number of halogens is 1. The van der Waals surface area contributed by atoms with E-state index < -0.39 is 17.9 Å². The summed E-state index contributed by atoms with van der Waals surface area (Å²) in [4.78, 5) is 36.2. The Morgan fingerprint density at radius 3 is 2.28 bits per heavy atom. The van der Waals surface area contributed by atoms with E-state index in [1.165, 1.54) is 31.2 Å². The summed E-state index contributed by atoms with van der Waals surface area (Å²) in [5.41, 5.74) is 1.47. The van der Waals surface area contributed by atoms with Crippen LogP contribution in [0.2, 0.25) is 0 Å². The second-order valence-corrected chi connectivity index (χ2v) is 6.82. The van der Waals surface area contributed by atoms with Crippen molar-refractivity contribution < 1.29 is 23.5 Å². The van der Waals surface area contributed by atoms with Gasteiger partial charge in [-0.1, -0.05) is 37.3 Å². The number of Topliss-reactive ketones (excluding diaryl/α,β-unsaturated/α-hetero) is 1. The van der Waals surface area contributed by atoms with Gasteiger partial charge < -0.3 is 10.1 Å². The van der Waals surface area contributed by atoms with Crippen LogP contribution in [0.4, 0.5) is 4.39 Å². The Kier molecular flexibility index (Phi) is 8.52. The molecule has 0 heterocycles. The predicted molar refractivity (Wildman–Crippen MR) is 108 cm³/mol. The number of ether oxygens (including phenoxy) is 1. The third-order valence-corrected chi connectivity index (χ3v) is 4.69. The quantitative estimate of drug-likeness (QED) is 0.484. The van der Waals surface area contributed by atoms with Gasteiger partial charge in [0.1, 0.15) is 5.82 Å². The summed E-state index contributed by atoms with van der Waals surface area (Å²) in [6, 6.07) is 15.0. The molecule has 0 aliphatic carbocycles. The Labute approximate surface area is 170 Å². The fourth-order valence-corrected chi connectivity index (χ4v) is 2.90. The van der Waals surface area contributed by atoms with Crippen LogP contribution in [0.15, 0.2) is 54.6 Å². The van der Waals surface area contributed by atoms with Crippen molar-refractivity contribution in [2.75, 3.05) is 6.54 Å². The van der Waals surface area contributed by atoms with E-state index >= 15 is 0 Å².